The van der Waals surface area contributed by atoms with Crippen LogP contribution in [-0.2, 0) is 32.3 Å². The summed E-state index contributed by atoms with van der Waals surface area (Å²) in [6.45, 7) is 0. The molecule has 0 saturated heterocycles. The van der Waals surface area contributed by atoms with E-state index in [4.69, 9.17) is 0 Å². The lowest BCUT2D eigenvalue weighted by molar-refractivity contribution is -0.143. The Morgan fingerprint density at radius 3 is 1.64 bits per heavy atom. The van der Waals surface area contributed by atoms with Gasteiger partial charge in [-0.1, -0.05) is 0 Å². The Morgan fingerprint density at radius 2 is 1.28 bits per heavy atom. The Bertz CT molecular complexity index is 792. The quantitative estimate of drug-likeness (QED) is 0.529. The zero-order valence-corrected chi connectivity index (χ0v) is 14.1. The molecule has 0 aliphatic heterocycles. The van der Waals surface area contributed by atoms with Gasteiger partial charge in [-0.15, -0.1) is 0 Å². The van der Waals surface area contributed by atoms with Crippen molar-refractivity contribution in [2.45, 2.75) is 18.8 Å². The fraction of sp³-hybridized carbons (Fsp3) is 0.500. The largest absolute Gasteiger partial charge is 0.416 e. The van der Waals surface area contributed by atoms with Crippen LogP contribution in [-0.4, -0.2) is 34.6 Å². The number of hydrogen-bond acceptors (Lipinski definition) is 5. The molecule has 0 aliphatic rings. The van der Waals surface area contributed by atoms with E-state index in [1.165, 1.54) is 0 Å². The van der Waals surface area contributed by atoms with E-state index in [1.807, 2.05) is 0 Å². The van der Waals surface area contributed by atoms with E-state index in [2.05, 4.69) is 4.18 Å². The Labute approximate surface area is 139 Å². The van der Waals surface area contributed by atoms with Crippen LogP contribution in [0.3, 0.4) is 0 Å². The van der Waals surface area contributed by atoms with Gasteiger partial charge in [0, 0.05) is 6.26 Å². The minimum atomic E-state index is -5.15. The van der Waals surface area contributed by atoms with E-state index in [-0.39, 0.29) is 18.2 Å². The minimum Gasteiger partial charge on any atom is -0.382 e. The van der Waals surface area contributed by atoms with E-state index >= 15 is 0 Å². The van der Waals surface area contributed by atoms with Crippen molar-refractivity contribution in [3.05, 3.63) is 29.3 Å². The van der Waals surface area contributed by atoms with Gasteiger partial charge in [0.1, 0.15) is 15.6 Å². The van der Waals surface area contributed by atoms with Gasteiger partial charge in [0.25, 0.3) is 0 Å². The van der Waals surface area contributed by atoms with Crippen LogP contribution in [0.1, 0.15) is 17.5 Å². The van der Waals surface area contributed by atoms with Crippen molar-refractivity contribution in [1.82, 2.24) is 0 Å². The maximum Gasteiger partial charge on any atom is 0.416 e. The van der Waals surface area contributed by atoms with Crippen LogP contribution in [0.4, 0.5) is 26.3 Å². The van der Waals surface area contributed by atoms with Crippen LogP contribution in [0.25, 0.3) is 0 Å². The van der Waals surface area contributed by atoms with Crippen LogP contribution < -0.4 is 4.18 Å². The summed E-state index contributed by atoms with van der Waals surface area (Å²) in [5.74, 6) is -2.59. The summed E-state index contributed by atoms with van der Waals surface area (Å²) in [6.07, 6.45) is -9.89. The van der Waals surface area contributed by atoms with Gasteiger partial charge in [-0.2, -0.15) is 34.8 Å². The first kappa shape index (κ1) is 21.5. The molecule has 0 amide bonds. The second kappa shape index (κ2) is 7.02. The highest BCUT2D eigenvalue weighted by atomic mass is 32.2. The fourth-order valence-corrected chi connectivity index (χ4v) is 3.48. The molecule has 0 N–H and O–H groups in total. The lowest BCUT2D eigenvalue weighted by Gasteiger charge is -2.14. The standard InChI is InChI=1S/C12H12F6O5S2/c1-24(19,20)3-2-4-25(21,22)23-10-6-8(11(13,14)15)5-9(7-10)12(16,17)18/h5-7H,2-4H2,1H3. The molecule has 1 aromatic rings. The average molecular weight is 414 g/mol. The maximum absolute atomic E-state index is 12.7. The molecule has 0 heterocycles. The zero-order valence-electron chi connectivity index (χ0n) is 12.5. The van der Waals surface area contributed by atoms with Crippen LogP contribution in [0.5, 0.6) is 5.75 Å². The monoisotopic (exact) mass is 414 g/mol. The zero-order chi connectivity index (χ0) is 19.7. The number of halogens is 6. The summed E-state index contributed by atoms with van der Waals surface area (Å²) in [6, 6.07) is 0.0514. The van der Waals surface area contributed by atoms with Gasteiger partial charge >= 0.3 is 22.5 Å². The third-order valence-electron chi connectivity index (χ3n) is 2.69. The molecule has 25 heavy (non-hydrogen) atoms. The van der Waals surface area contributed by atoms with Crippen molar-refractivity contribution in [2.75, 3.05) is 17.8 Å². The van der Waals surface area contributed by atoms with E-state index < -0.39 is 67.1 Å². The van der Waals surface area contributed by atoms with Crippen molar-refractivity contribution in [1.29, 1.82) is 0 Å². The van der Waals surface area contributed by atoms with Crippen LogP contribution in [0, 0.1) is 0 Å². The molecule has 0 aromatic heterocycles. The Morgan fingerprint density at radius 1 is 0.840 bits per heavy atom. The molecule has 1 aromatic carbocycles. The molecular weight excluding hydrogens is 402 g/mol. The third-order valence-corrected chi connectivity index (χ3v) is 4.96. The van der Waals surface area contributed by atoms with Crippen molar-refractivity contribution < 1.29 is 47.4 Å². The normalized spacial score (nSPS) is 13.7. The van der Waals surface area contributed by atoms with Crippen molar-refractivity contribution in [3.8, 4) is 5.75 Å². The highest BCUT2D eigenvalue weighted by molar-refractivity contribution is 7.90. The first-order chi connectivity index (χ1) is 11.0. The highest BCUT2D eigenvalue weighted by Crippen LogP contribution is 2.38. The molecule has 0 unspecified atom stereocenters. The predicted octanol–water partition coefficient (Wildman–Crippen LogP) is 2.87. The van der Waals surface area contributed by atoms with E-state index in [1.54, 1.807) is 0 Å². The van der Waals surface area contributed by atoms with E-state index in [0.717, 1.165) is 6.26 Å². The molecule has 0 atom stereocenters. The maximum atomic E-state index is 12.7. The Balaban J connectivity index is 3.12. The third kappa shape index (κ3) is 7.50. The van der Waals surface area contributed by atoms with Gasteiger partial charge in [-0.25, -0.2) is 8.42 Å². The number of sulfone groups is 1. The van der Waals surface area contributed by atoms with Crippen molar-refractivity contribution >= 4 is 20.0 Å². The molecular formula is C12H12F6O5S2. The van der Waals surface area contributed by atoms with E-state index in [0.29, 0.717) is 0 Å². The second-order valence-electron chi connectivity index (χ2n) is 5.07. The van der Waals surface area contributed by atoms with Crippen LogP contribution in [0.15, 0.2) is 18.2 Å². The summed E-state index contributed by atoms with van der Waals surface area (Å²) >= 11 is 0. The summed E-state index contributed by atoms with van der Waals surface area (Å²) in [7, 11) is -8.07. The van der Waals surface area contributed by atoms with Gasteiger partial charge < -0.3 is 4.18 Å². The topological polar surface area (TPSA) is 77.5 Å². The molecule has 0 aliphatic carbocycles. The fourth-order valence-electron chi connectivity index (χ4n) is 1.66. The van der Waals surface area contributed by atoms with E-state index in [9.17, 15) is 43.2 Å². The molecule has 5 nitrogen and oxygen atoms in total. The second-order valence-corrected chi connectivity index (χ2v) is 9.02. The number of rotatable bonds is 6. The van der Waals surface area contributed by atoms with Gasteiger partial charge in [-0.05, 0) is 24.6 Å². The Hall–Kier alpha value is -1.50. The summed E-state index contributed by atoms with van der Waals surface area (Å²) in [5.41, 5.74) is -3.47. The summed E-state index contributed by atoms with van der Waals surface area (Å²) in [5, 5.41) is 0. The van der Waals surface area contributed by atoms with Gasteiger partial charge in [0.05, 0.1) is 22.6 Å². The van der Waals surface area contributed by atoms with Gasteiger partial charge in [-0.3, -0.25) is 0 Å². The molecule has 1 rings (SSSR count). The predicted molar refractivity (Wildman–Crippen MR) is 75.2 cm³/mol. The molecule has 144 valence electrons. The molecule has 0 radical (unpaired) electrons. The lowest BCUT2D eigenvalue weighted by Crippen LogP contribution is -2.18. The van der Waals surface area contributed by atoms with Gasteiger partial charge in [0.15, 0.2) is 0 Å². The van der Waals surface area contributed by atoms with Crippen LogP contribution in [0.2, 0.25) is 0 Å². The number of benzene rings is 1. The number of hydrogen-bond donors (Lipinski definition) is 0. The summed E-state index contributed by atoms with van der Waals surface area (Å²) in [4.78, 5) is 0. The average Bonchev–Trinajstić information content (AvgIpc) is 2.33. The van der Waals surface area contributed by atoms with Crippen molar-refractivity contribution in [3.63, 3.8) is 0 Å². The highest BCUT2D eigenvalue weighted by Gasteiger charge is 2.37. The lowest BCUT2D eigenvalue weighted by atomic mass is 10.1. The molecule has 0 saturated carbocycles. The number of alkyl halides is 6. The SMILES string of the molecule is CS(=O)(=O)CCCS(=O)(=O)Oc1cc(C(F)(F)F)cc(C(F)(F)F)c1. The summed E-state index contributed by atoms with van der Waals surface area (Å²) < 4.78 is 125. The minimum absolute atomic E-state index is 0.114. The molecule has 0 fully saturated rings. The Kier molecular flexibility index (Phi) is 6.05. The first-order valence-corrected chi connectivity index (χ1v) is 10.0. The smallest absolute Gasteiger partial charge is 0.382 e. The molecule has 13 heteroatoms. The molecule has 0 spiro atoms. The first-order valence-electron chi connectivity index (χ1n) is 6.39. The van der Waals surface area contributed by atoms with Crippen molar-refractivity contribution in [2.24, 2.45) is 0 Å². The molecule has 0 bridgehead atoms. The van der Waals surface area contributed by atoms with Gasteiger partial charge in [0.2, 0.25) is 0 Å². The van der Waals surface area contributed by atoms with Crippen LogP contribution >= 0.6 is 0 Å².